The summed E-state index contributed by atoms with van der Waals surface area (Å²) in [6.07, 6.45) is -0.316. The summed E-state index contributed by atoms with van der Waals surface area (Å²) in [6, 6.07) is 9.84. The highest BCUT2D eigenvalue weighted by Gasteiger charge is 2.34. The van der Waals surface area contributed by atoms with Crippen molar-refractivity contribution in [3.8, 4) is 5.75 Å². The van der Waals surface area contributed by atoms with E-state index in [1.54, 1.807) is 29.2 Å². The van der Waals surface area contributed by atoms with Crippen LogP contribution in [0.2, 0.25) is 10.0 Å². The number of ether oxygens (including phenoxy) is 1. The van der Waals surface area contributed by atoms with Crippen LogP contribution in [-0.2, 0) is 6.54 Å². The second-order valence-corrected chi connectivity index (χ2v) is 10.8. The number of nitrogens with zero attached hydrogens (tertiary/aromatic N) is 2. The van der Waals surface area contributed by atoms with Crippen molar-refractivity contribution in [3.63, 3.8) is 0 Å². The number of carbonyl (C=O) groups is 2. The van der Waals surface area contributed by atoms with Crippen molar-refractivity contribution >= 4 is 40.8 Å². The van der Waals surface area contributed by atoms with Crippen LogP contribution in [0.25, 0.3) is 0 Å². The van der Waals surface area contributed by atoms with E-state index in [2.05, 4.69) is 15.5 Å². The highest BCUT2D eigenvalue weighted by molar-refractivity contribution is 6.42. The Morgan fingerprint density at radius 3 is 2.59 bits per heavy atom. The third-order valence-electron chi connectivity index (χ3n) is 6.29. The van der Waals surface area contributed by atoms with Gasteiger partial charge in [-0.2, -0.15) is 0 Å². The number of aliphatic hydroxyl groups is 1. The average Bonchev–Trinajstić information content (AvgIpc) is 2.83. The zero-order valence-electron chi connectivity index (χ0n) is 21.9. The number of amides is 3. The average molecular weight is 552 g/mol. The Balaban J connectivity index is 1.94. The van der Waals surface area contributed by atoms with Gasteiger partial charge < -0.3 is 25.4 Å². The highest BCUT2D eigenvalue weighted by atomic mass is 35.5. The third kappa shape index (κ3) is 7.51. The molecule has 0 spiro atoms. The monoisotopic (exact) mass is 550 g/mol. The van der Waals surface area contributed by atoms with Crippen molar-refractivity contribution in [1.29, 1.82) is 0 Å². The maximum Gasteiger partial charge on any atom is 0.319 e. The lowest BCUT2D eigenvalue weighted by molar-refractivity contribution is 0.0343. The zero-order chi connectivity index (χ0) is 27.3. The van der Waals surface area contributed by atoms with Crippen LogP contribution in [0.3, 0.4) is 0 Å². The molecule has 37 heavy (non-hydrogen) atoms. The molecule has 0 fully saturated rings. The van der Waals surface area contributed by atoms with Crippen LogP contribution in [0.4, 0.5) is 10.5 Å². The van der Waals surface area contributed by atoms with Crippen LogP contribution in [0.15, 0.2) is 36.4 Å². The number of likely N-dealkylation sites (N-methyl/N-ethyl adjacent to an activating group) is 1. The molecule has 0 aliphatic carbocycles. The van der Waals surface area contributed by atoms with Crippen molar-refractivity contribution in [2.45, 2.75) is 52.4 Å². The topological polar surface area (TPSA) is 94.1 Å². The number of fused-ring (bicyclic) bond motifs is 1. The number of aliphatic hydroxyl groups excluding tert-OH is 1. The normalized spacial score (nSPS) is 18.6. The maximum absolute atomic E-state index is 13.6. The lowest BCUT2D eigenvalue weighted by Crippen LogP contribution is -2.49. The molecular weight excluding hydrogens is 515 g/mol. The van der Waals surface area contributed by atoms with E-state index in [1.165, 1.54) is 0 Å². The Morgan fingerprint density at radius 1 is 1.22 bits per heavy atom. The first kappa shape index (κ1) is 29.0. The fourth-order valence-corrected chi connectivity index (χ4v) is 4.62. The molecule has 3 amide bonds. The van der Waals surface area contributed by atoms with E-state index in [9.17, 15) is 14.7 Å². The molecule has 0 saturated carbocycles. The zero-order valence-corrected chi connectivity index (χ0v) is 23.4. The fourth-order valence-electron chi connectivity index (χ4n) is 4.30. The third-order valence-corrected chi connectivity index (χ3v) is 7.03. The van der Waals surface area contributed by atoms with E-state index in [-0.39, 0.29) is 42.7 Å². The molecule has 2 aromatic carbocycles. The lowest BCUT2D eigenvalue weighted by Gasteiger charge is -2.38. The van der Waals surface area contributed by atoms with Crippen molar-refractivity contribution in [3.05, 3.63) is 57.6 Å². The molecule has 10 heteroatoms. The first-order valence-corrected chi connectivity index (χ1v) is 13.2. The van der Waals surface area contributed by atoms with Gasteiger partial charge in [0.15, 0.2) is 5.75 Å². The number of carbonyl (C=O) groups excluding carboxylic acids is 2. The molecule has 0 bridgehead atoms. The second-order valence-electron chi connectivity index (χ2n) is 10.0. The number of hydrogen-bond acceptors (Lipinski definition) is 5. The molecule has 0 saturated heterocycles. The molecule has 3 rings (SSSR count). The summed E-state index contributed by atoms with van der Waals surface area (Å²) in [6.45, 7) is 8.98. The minimum absolute atomic E-state index is 0.0586. The Hall–Kier alpha value is -2.52. The number of rotatable bonds is 8. The van der Waals surface area contributed by atoms with Crippen LogP contribution in [-0.4, -0.2) is 71.8 Å². The maximum atomic E-state index is 13.6. The summed E-state index contributed by atoms with van der Waals surface area (Å²) in [5, 5.41) is 16.5. The van der Waals surface area contributed by atoms with Gasteiger partial charge >= 0.3 is 6.03 Å². The van der Waals surface area contributed by atoms with Gasteiger partial charge in [-0.25, -0.2) is 4.79 Å². The van der Waals surface area contributed by atoms with Gasteiger partial charge in [0.05, 0.1) is 33.9 Å². The van der Waals surface area contributed by atoms with Crippen LogP contribution in [0, 0.1) is 5.92 Å². The molecule has 1 heterocycles. The molecule has 0 aromatic heterocycles. The Labute approximate surface area is 228 Å². The highest BCUT2D eigenvalue weighted by Crippen LogP contribution is 2.35. The standard InChI is InChI=1S/C27H36Cl2N4O4/c1-16(2)30-27(36)31-23-8-6-7-20-25(23)37-24(17(3)12-33(26(20)35)18(4)15-34)14-32(5)13-19-9-10-21(28)22(29)11-19/h6-11,16-18,24,34H,12-15H2,1-5H3,(H2,30,31,36)/t17-,18-,24+/m0/s1. The van der Waals surface area contributed by atoms with E-state index in [1.807, 2.05) is 46.9 Å². The minimum Gasteiger partial charge on any atom is -0.486 e. The molecule has 8 nitrogen and oxygen atoms in total. The number of para-hydroxylation sites is 1. The Bertz CT molecular complexity index is 1110. The summed E-state index contributed by atoms with van der Waals surface area (Å²) in [5.74, 6) is -0.000126. The second kappa shape index (κ2) is 12.8. The minimum atomic E-state index is -0.386. The van der Waals surface area contributed by atoms with Crippen molar-refractivity contribution in [2.24, 2.45) is 5.92 Å². The molecule has 1 aliphatic rings. The molecule has 202 valence electrons. The van der Waals surface area contributed by atoms with Gasteiger partial charge in [-0.3, -0.25) is 9.69 Å². The predicted molar refractivity (Wildman–Crippen MR) is 148 cm³/mol. The van der Waals surface area contributed by atoms with Crippen molar-refractivity contribution in [1.82, 2.24) is 15.1 Å². The number of hydrogen-bond donors (Lipinski definition) is 3. The van der Waals surface area contributed by atoms with Crippen LogP contribution < -0.4 is 15.4 Å². The van der Waals surface area contributed by atoms with E-state index in [0.29, 0.717) is 46.7 Å². The van der Waals surface area contributed by atoms with Gasteiger partial charge in [0.25, 0.3) is 5.91 Å². The summed E-state index contributed by atoms with van der Waals surface area (Å²) in [4.78, 5) is 29.9. The summed E-state index contributed by atoms with van der Waals surface area (Å²) in [5.41, 5.74) is 1.76. The first-order valence-electron chi connectivity index (χ1n) is 12.4. The number of benzene rings is 2. The Morgan fingerprint density at radius 2 is 1.95 bits per heavy atom. The summed E-state index contributed by atoms with van der Waals surface area (Å²) in [7, 11) is 1.98. The van der Waals surface area contributed by atoms with Gasteiger partial charge in [0.1, 0.15) is 6.10 Å². The van der Waals surface area contributed by atoms with Crippen molar-refractivity contribution < 1.29 is 19.4 Å². The van der Waals surface area contributed by atoms with Crippen molar-refractivity contribution in [2.75, 3.05) is 32.1 Å². The number of anilines is 1. The molecule has 0 unspecified atom stereocenters. The molecule has 1 aliphatic heterocycles. The molecule has 0 radical (unpaired) electrons. The van der Waals surface area contributed by atoms with E-state index in [4.69, 9.17) is 27.9 Å². The number of urea groups is 1. The fraction of sp³-hybridized carbons (Fsp3) is 0.481. The van der Waals surface area contributed by atoms with E-state index in [0.717, 1.165) is 5.56 Å². The van der Waals surface area contributed by atoms with Gasteiger partial charge in [0.2, 0.25) is 0 Å². The first-order chi connectivity index (χ1) is 17.5. The molecule has 3 N–H and O–H groups in total. The van der Waals surface area contributed by atoms with Crippen LogP contribution in [0.1, 0.15) is 43.6 Å². The number of nitrogens with one attached hydrogen (secondary N) is 2. The van der Waals surface area contributed by atoms with Gasteiger partial charge in [-0.05, 0) is 57.6 Å². The summed E-state index contributed by atoms with van der Waals surface area (Å²) >= 11 is 12.3. The van der Waals surface area contributed by atoms with Crippen LogP contribution >= 0.6 is 23.2 Å². The van der Waals surface area contributed by atoms with E-state index >= 15 is 0 Å². The predicted octanol–water partition coefficient (Wildman–Crippen LogP) is 4.88. The quantitative estimate of drug-likeness (QED) is 0.435. The largest absolute Gasteiger partial charge is 0.486 e. The van der Waals surface area contributed by atoms with Gasteiger partial charge in [-0.15, -0.1) is 0 Å². The smallest absolute Gasteiger partial charge is 0.319 e. The van der Waals surface area contributed by atoms with Gasteiger partial charge in [0, 0.05) is 31.6 Å². The summed E-state index contributed by atoms with van der Waals surface area (Å²) < 4.78 is 6.53. The SMILES string of the molecule is CC(C)NC(=O)Nc1cccc2c1O[C@H](CN(C)Cc1ccc(Cl)c(Cl)c1)[C@@H](C)CN([C@@H](C)CO)C2=O. The molecular formula is C27H36Cl2N4O4. The molecule has 3 atom stereocenters. The van der Waals surface area contributed by atoms with E-state index < -0.39 is 0 Å². The van der Waals surface area contributed by atoms with Crippen LogP contribution in [0.5, 0.6) is 5.75 Å². The Kier molecular flexibility index (Phi) is 10.1. The van der Waals surface area contributed by atoms with Gasteiger partial charge in [-0.1, -0.05) is 42.3 Å². The number of halogens is 2. The molecule has 2 aromatic rings. The lowest BCUT2D eigenvalue weighted by atomic mass is 9.99.